The number of aromatic nitrogens is 2. The van der Waals surface area contributed by atoms with E-state index in [1.54, 1.807) is 0 Å². The average molecular weight is 236 g/mol. The van der Waals surface area contributed by atoms with Crippen molar-refractivity contribution in [2.45, 2.75) is 45.7 Å². The molecule has 2 heterocycles. The summed E-state index contributed by atoms with van der Waals surface area (Å²) < 4.78 is 2.05. The minimum Gasteiger partial charge on any atom is -0.354 e. The van der Waals surface area contributed by atoms with Crippen LogP contribution >= 0.6 is 0 Å². The van der Waals surface area contributed by atoms with Crippen molar-refractivity contribution in [2.24, 2.45) is 7.05 Å². The van der Waals surface area contributed by atoms with E-state index in [4.69, 9.17) is 0 Å². The Kier molecular flexibility index (Phi) is 3.72. The highest BCUT2D eigenvalue weighted by atomic mass is 15.4. The summed E-state index contributed by atoms with van der Waals surface area (Å²) >= 11 is 0. The molecule has 0 saturated carbocycles. The molecule has 1 atom stereocenters. The minimum absolute atomic E-state index is 0.695. The standard InChI is InChI=1S/C13H24N4/c1-5-11-7-6-8-17(11)13-12(9-14-3)10(2)15-16(13)4/h11,14H,5-9H2,1-4H3. The van der Waals surface area contributed by atoms with E-state index in [2.05, 4.69) is 40.9 Å². The van der Waals surface area contributed by atoms with Gasteiger partial charge in [0.1, 0.15) is 5.82 Å². The normalized spacial score (nSPS) is 20.2. The summed E-state index contributed by atoms with van der Waals surface area (Å²) in [6, 6.07) is 0.695. The monoisotopic (exact) mass is 236 g/mol. The van der Waals surface area contributed by atoms with Crippen molar-refractivity contribution in [2.75, 3.05) is 18.5 Å². The highest BCUT2D eigenvalue weighted by Crippen LogP contribution is 2.31. The maximum absolute atomic E-state index is 4.58. The van der Waals surface area contributed by atoms with Crippen LogP contribution in [0, 0.1) is 6.92 Å². The Balaban J connectivity index is 2.36. The van der Waals surface area contributed by atoms with Gasteiger partial charge >= 0.3 is 0 Å². The zero-order valence-electron chi connectivity index (χ0n) is 11.5. The van der Waals surface area contributed by atoms with Crippen LogP contribution in [0.2, 0.25) is 0 Å². The van der Waals surface area contributed by atoms with Gasteiger partial charge in [-0.1, -0.05) is 6.92 Å². The summed E-state index contributed by atoms with van der Waals surface area (Å²) in [5.74, 6) is 1.32. The van der Waals surface area contributed by atoms with Gasteiger partial charge in [-0.05, 0) is 33.2 Å². The second-order valence-corrected chi connectivity index (χ2v) is 4.94. The first kappa shape index (κ1) is 12.4. The van der Waals surface area contributed by atoms with E-state index in [1.807, 2.05) is 7.05 Å². The molecule has 17 heavy (non-hydrogen) atoms. The number of nitrogens with one attached hydrogen (secondary N) is 1. The predicted octanol–water partition coefficient (Wildman–Crippen LogP) is 1.83. The Morgan fingerprint density at radius 1 is 1.47 bits per heavy atom. The molecule has 0 amide bonds. The van der Waals surface area contributed by atoms with Crippen molar-refractivity contribution < 1.29 is 0 Å². The number of nitrogens with zero attached hydrogens (tertiary/aromatic N) is 3. The Labute approximate surface area is 104 Å². The third-order valence-corrected chi connectivity index (χ3v) is 3.79. The fraction of sp³-hybridized carbons (Fsp3) is 0.769. The van der Waals surface area contributed by atoms with Crippen molar-refractivity contribution in [3.8, 4) is 0 Å². The first-order chi connectivity index (χ1) is 8.19. The molecule has 1 aromatic rings. The Hall–Kier alpha value is -1.03. The molecule has 1 saturated heterocycles. The van der Waals surface area contributed by atoms with E-state index in [0.717, 1.165) is 12.2 Å². The summed E-state index contributed by atoms with van der Waals surface area (Å²) in [4.78, 5) is 2.55. The van der Waals surface area contributed by atoms with Crippen molar-refractivity contribution in [1.82, 2.24) is 15.1 Å². The molecule has 4 heteroatoms. The van der Waals surface area contributed by atoms with Crippen molar-refractivity contribution in [3.63, 3.8) is 0 Å². The number of hydrogen-bond donors (Lipinski definition) is 1. The highest BCUT2D eigenvalue weighted by molar-refractivity contribution is 5.51. The van der Waals surface area contributed by atoms with E-state index in [1.165, 1.54) is 37.2 Å². The van der Waals surface area contributed by atoms with Gasteiger partial charge in [-0.15, -0.1) is 0 Å². The number of aryl methyl sites for hydroxylation is 2. The third kappa shape index (κ3) is 2.18. The zero-order chi connectivity index (χ0) is 12.4. The topological polar surface area (TPSA) is 33.1 Å². The van der Waals surface area contributed by atoms with Gasteiger partial charge in [-0.2, -0.15) is 5.10 Å². The van der Waals surface area contributed by atoms with Gasteiger partial charge < -0.3 is 10.2 Å². The molecule has 1 unspecified atom stereocenters. The van der Waals surface area contributed by atoms with Gasteiger partial charge in [0.25, 0.3) is 0 Å². The molecule has 0 aliphatic carbocycles. The van der Waals surface area contributed by atoms with Crippen molar-refractivity contribution >= 4 is 5.82 Å². The fourth-order valence-corrected chi connectivity index (χ4v) is 2.97. The lowest BCUT2D eigenvalue weighted by Gasteiger charge is -2.27. The smallest absolute Gasteiger partial charge is 0.131 e. The van der Waals surface area contributed by atoms with Crippen LogP contribution in [0.4, 0.5) is 5.82 Å². The van der Waals surface area contributed by atoms with Crippen molar-refractivity contribution in [1.29, 1.82) is 0 Å². The molecule has 1 aliphatic heterocycles. The molecule has 0 bridgehead atoms. The quantitative estimate of drug-likeness (QED) is 0.866. The minimum atomic E-state index is 0.695. The lowest BCUT2D eigenvalue weighted by atomic mass is 10.1. The molecule has 1 aromatic heterocycles. The molecular weight excluding hydrogens is 212 g/mol. The predicted molar refractivity (Wildman–Crippen MR) is 71.4 cm³/mol. The maximum atomic E-state index is 4.58. The largest absolute Gasteiger partial charge is 0.354 e. The van der Waals surface area contributed by atoms with Crippen LogP contribution < -0.4 is 10.2 Å². The molecule has 1 fully saturated rings. The molecule has 1 N–H and O–H groups in total. The molecule has 1 aliphatic rings. The second kappa shape index (κ2) is 5.08. The molecular formula is C13H24N4. The Morgan fingerprint density at radius 2 is 2.24 bits per heavy atom. The van der Waals surface area contributed by atoms with E-state index < -0.39 is 0 Å². The molecule has 0 spiro atoms. The van der Waals surface area contributed by atoms with Gasteiger partial charge in [0.05, 0.1) is 5.69 Å². The van der Waals surface area contributed by atoms with Crippen LogP contribution in [0.15, 0.2) is 0 Å². The highest BCUT2D eigenvalue weighted by Gasteiger charge is 2.28. The fourth-order valence-electron chi connectivity index (χ4n) is 2.97. The van der Waals surface area contributed by atoms with E-state index in [-0.39, 0.29) is 0 Å². The SMILES string of the molecule is CCC1CCCN1c1c(CNC)c(C)nn1C. The van der Waals surface area contributed by atoms with E-state index in [9.17, 15) is 0 Å². The third-order valence-electron chi connectivity index (χ3n) is 3.79. The molecule has 0 radical (unpaired) electrons. The summed E-state index contributed by atoms with van der Waals surface area (Å²) in [5.41, 5.74) is 2.51. The number of rotatable bonds is 4. The summed E-state index contributed by atoms with van der Waals surface area (Å²) in [7, 11) is 4.06. The van der Waals surface area contributed by atoms with Crippen LogP contribution in [0.1, 0.15) is 37.4 Å². The number of anilines is 1. The second-order valence-electron chi connectivity index (χ2n) is 4.94. The van der Waals surface area contributed by atoms with Crippen LogP contribution in [0.3, 0.4) is 0 Å². The molecule has 0 aromatic carbocycles. The average Bonchev–Trinajstić information content (AvgIpc) is 2.85. The summed E-state index contributed by atoms with van der Waals surface area (Å²) in [6.45, 7) is 6.47. The maximum Gasteiger partial charge on any atom is 0.131 e. The zero-order valence-corrected chi connectivity index (χ0v) is 11.5. The Morgan fingerprint density at radius 3 is 2.88 bits per heavy atom. The number of hydrogen-bond acceptors (Lipinski definition) is 3. The summed E-state index contributed by atoms with van der Waals surface area (Å²) in [6.07, 6.45) is 3.85. The van der Waals surface area contributed by atoms with Gasteiger partial charge in [-0.25, -0.2) is 0 Å². The van der Waals surface area contributed by atoms with Crippen LogP contribution in [0.5, 0.6) is 0 Å². The van der Waals surface area contributed by atoms with Gasteiger partial charge in [-0.3, -0.25) is 4.68 Å². The lowest BCUT2D eigenvalue weighted by Crippen LogP contribution is -2.31. The molecule has 2 rings (SSSR count). The first-order valence-corrected chi connectivity index (χ1v) is 6.62. The molecule has 4 nitrogen and oxygen atoms in total. The van der Waals surface area contributed by atoms with Crippen molar-refractivity contribution in [3.05, 3.63) is 11.3 Å². The van der Waals surface area contributed by atoms with Gasteiger partial charge in [0, 0.05) is 31.7 Å². The van der Waals surface area contributed by atoms with Crippen LogP contribution in [-0.4, -0.2) is 29.4 Å². The lowest BCUT2D eigenvalue weighted by molar-refractivity contribution is 0.617. The van der Waals surface area contributed by atoms with E-state index >= 15 is 0 Å². The van der Waals surface area contributed by atoms with Gasteiger partial charge in [0.2, 0.25) is 0 Å². The first-order valence-electron chi connectivity index (χ1n) is 6.62. The van der Waals surface area contributed by atoms with Crippen LogP contribution in [0.25, 0.3) is 0 Å². The molecule has 96 valence electrons. The van der Waals surface area contributed by atoms with E-state index in [0.29, 0.717) is 6.04 Å². The summed E-state index contributed by atoms with van der Waals surface area (Å²) in [5, 5.41) is 7.83. The Bertz CT molecular complexity index is 383. The van der Waals surface area contributed by atoms with Gasteiger partial charge in [0.15, 0.2) is 0 Å². The van der Waals surface area contributed by atoms with Crippen LogP contribution in [-0.2, 0) is 13.6 Å².